The summed E-state index contributed by atoms with van der Waals surface area (Å²) in [5.74, 6) is 1.91. The van der Waals surface area contributed by atoms with E-state index in [0.717, 1.165) is 11.3 Å². The molecule has 0 radical (unpaired) electrons. The van der Waals surface area contributed by atoms with Crippen LogP contribution in [0.3, 0.4) is 0 Å². The summed E-state index contributed by atoms with van der Waals surface area (Å²) in [6, 6.07) is 5.66. The van der Waals surface area contributed by atoms with Gasteiger partial charge in [0.2, 0.25) is 12.6 Å². The molecule has 0 saturated carbocycles. The van der Waals surface area contributed by atoms with E-state index >= 15 is 0 Å². The summed E-state index contributed by atoms with van der Waals surface area (Å²) in [5, 5.41) is 15.7. The predicted molar refractivity (Wildman–Crippen MR) is 83.9 cm³/mol. The molecule has 0 bridgehead atoms. The fourth-order valence-electron chi connectivity index (χ4n) is 2.80. The van der Waals surface area contributed by atoms with Crippen molar-refractivity contribution >= 4 is 11.5 Å². The Kier molecular flexibility index (Phi) is 3.81. The van der Waals surface area contributed by atoms with Crippen LogP contribution < -0.4 is 14.4 Å². The summed E-state index contributed by atoms with van der Waals surface area (Å²) in [5.41, 5.74) is 1.54. The largest absolute Gasteiger partial charge is 0.454 e. The van der Waals surface area contributed by atoms with Crippen LogP contribution in [-0.2, 0) is 20.0 Å². The highest BCUT2D eigenvalue weighted by Crippen LogP contribution is 2.35. The molecule has 1 aromatic carbocycles. The number of aryl methyl sites for hydroxylation is 2. The van der Waals surface area contributed by atoms with Crippen molar-refractivity contribution in [1.29, 1.82) is 0 Å². The number of anilines is 1. The Morgan fingerprint density at radius 3 is 2.83 bits per heavy atom. The monoisotopic (exact) mass is 318 g/mol. The SMILES string of the molecule is CCc1nn(C)c(N(C)Cc2ccc3c(c2)OCO3)c1[N+](=O)[O-]. The summed E-state index contributed by atoms with van der Waals surface area (Å²) in [6.07, 6.45) is 0.516. The number of nitro groups is 1. The second kappa shape index (κ2) is 5.79. The Labute approximate surface area is 133 Å². The van der Waals surface area contributed by atoms with Crippen molar-refractivity contribution in [2.24, 2.45) is 7.05 Å². The third-order valence-corrected chi connectivity index (χ3v) is 3.80. The molecule has 1 aromatic heterocycles. The lowest BCUT2D eigenvalue weighted by Crippen LogP contribution is -2.20. The van der Waals surface area contributed by atoms with E-state index in [1.807, 2.05) is 37.1 Å². The van der Waals surface area contributed by atoms with Crippen LogP contribution in [0.5, 0.6) is 11.5 Å². The highest BCUT2D eigenvalue weighted by atomic mass is 16.7. The molecular weight excluding hydrogens is 300 g/mol. The van der Waals surface area contributed by atoms with Gasteiger partial charge in [0.25, 0.3) is 0 Å². The molecule has 0 saturated heterocycles. The van der Waals surface area contributed by atoms with Crippen molar-refractivity contribution in [3.8, 4) is 11.5 Å². The summed E-state index contributed by atoms with van der Waals surface area (Å²) < 4.78 is 12.2. The van der Waals surface area contributed by atoms with E-state index in [1.54, 1.807) is 11.7 Å². The number of benzene rings is 1. The lowest BCUT2D eigenvalue weighted by atomic mass is 10.2. The van der Waals surface area contributed by atoms with Crippen LogP contribution in [0.15, 0.2) is 18.2 Å². The Bertz CT molecular complexity index is 756. The fraction of sp³-hybridized carbons (Fsp3) is 0.400. The van der Waals surface area contributed by atoms with Gasteiger partial charge in [-0.05, 0) is 24.1 Å². The van der Waals surface area contributed by atoms with Crippen LogP contribution in [0.2, 0.25) is 0 Å². The smallest absolute Gasteiger partial charge is 0.334 e. The molecular formula is C15H18N4O4. The van der Waals surface area contributed by atoms with Gasteiger partial charge in [-0.1, -0.05) is 13.0 Å². The van der Waals surface area contributed by atoms with Crippen LogP contribution in [0, 0.1) is 10.1 Å². The van der Waals surface area contributed by atoms with Crippen LogP contribution in [0.1, 0.15) is 18.2 Å². The first-order chi connectivity index (χ1) is 11.0. The third kappa shape index (κ3) is 2.67. The van der Waals surface area contributed by atoms with Gasteiger partial charge in [-0.3, -0.25) is 10.1 Å². The minimum Gasteiger partial charge on any atom is -0.454 e. The van der Waals surface area contributed by atoms with Gasteiger partial charge in [-0.2, -0.15) is 5.10 Å². The Balaban J connectivity index is 1.90. The number of hydrogen-bond acceptors (Lipinski definition) is 6. The normalized spacial score (nSPS) is 12.5. The molecule has 3 rings (SSSR count). The molecule has 0 fully saturated rings. The molecule has 0 atom stereocenters. The topological polar surface area (TPSA) is 82.7 Å². The molecule has 2 heterocycles. The van der Waals surface area contributed by atoms with Crippen molar-refractivity contribution < 1.29 is 14.4 Å². The van der Waals surface area contributed by atoms with Crippen molar-refractivity contribution in [3.05, 3.63) is 39.6 Å². The number of hydrogen-bond donors (Lipinski definition) is 0. The second-order valence-electron chi connectivity index (χ2n) is 5.40. The van der Waals surface area contributed by atoms with E-state index in [9.17, 15) is 10.1 Å². The van der Waals surface area contributed by atoms with E-state index in [2.05, 4.69) is 5.10 Å². The molecule has 2 aromatic rings. The minimum atomic E-state index is -0.364. The Morgan fingerprint density at radius 1 is 1.39 bits per heavy atom. The number of ether oxygens (including phenoxy) is 2. The van der Waals surface area contributed by atoms with Crippen molar-refractivity contribution in [1.82, 2.24) is 9.78 Å². The van der Waals surface area contributed by atoms with Gasteiger partial charge in [0, 0.05) is 20.6 Å². The van der Waals surface area contributed by atoms with E-state index in [1.165, 1.54) is 0 Å². The highest BCUT2D eigenvalue weighted by molar-refractivity contribution is 5.61. The van der Waals surface area contributed by atoms with Crippen molar-refractivity contribution in [3.63, 3.8) is 0 Å². The van der Waals surface area contributed by atoms with Crippen molar-refractivity contribution in [2.45, 2.75) is 19.9 Å². The van der Waals surface area contributed by atoms with Crippen molar-refractivity contribution in [2.75, 3.05) is 18.7 Å². The quantitative estimate of drug-likeness (QED) is 0.621. The average Bonchev–Trinajstić information content (AvgIpc) is 3.10. The molecule has 1 aliphatic rings. The molecule has 0 unspecified atom stereocenters. The van der Waals surface area contributed by atoms with Gasteiger partial charge in [-0.25, -0.2) is 4.68 Å². The van der Waals surface area contributed by atoms with Crippen LogP contribution in [0.25, 0.3) is 0 Å². The lowest BCUT2D eigenvalue weighted by molar-refractivity contribution is -0.384. The summed E-state index contributed by atoms with van der Waals surface area (Å²) >= 11 is 0. The van der Waals surface area contributed by atoms with Gasteiger partial charge in [0.1, 0.15) is 5.69 Å². The third-order valence-electron chi connectivity index (χ3n) is 3.80. The van der Waals surface area contributed by atoms with Gasteiger partial charge in [-0.15, -0.1) is 0 Å². The maximum atomic E-state index is 11.4. The molecule has 8 heteroatoms. The summed E-state index contributed by atoms with van der Waals surface area (Å²) in [7, 11) is 3.53. The first-order valence-corrected chi connectivity index (χ1v) is 7.31. The van der Waals surface area contributed by atoms with E-state index in [4.69, 9.17) is 9.47 Å². The molecule has 0 aliphatic carbocycles. The molecule has 1 aliphatic heterocycles. The Morgan fingerprint density at radius 2 is 2.13 bits per heavy atom. The second-order valence-corrected chi connectivity index (χ2v) is 5.40. The van der Waals surface area contributed by atoms with E-state index in [0.29, 0.717) is 30.2 Å². The molecule has 0 amide bonds. The fourth-order valence-corrected chi connectivity index (χ4v) is 2.80. The lowest BCUT2D eigenvalue weighted by Gasteiger charge is -2.18. The number of aromatic nitrogens is 2. The van der Waals surface area contributed by atoms with Gasteiger partial charge < -0.3 is 14.4 Å². The van der Waals surface area contributed by atoms with Gasteiger partial charge >= 0.3 is 5.69 Å². The average molecular weight is 318 g/mol. The van der Waals surface area contributed by atoms with Gasteiger partial charge in [0.05, 0.1) is 4.92 Å². The predicted octanol–water partition coefficient (Wildman–Crippen LogP) is 2.26. The molecule has 8 nitrogen and oxygen atoms in total. The summed E-state index contributed by atoms with van der Waals surface area (Å²) in [6.45, 7) is 2.58. The minimum absolute atomic E-state index is 0.0678. The van der Waals surface area contributed by atoms with Crippen LogP contribution in [-0.4, -0.2) is 28.5 Å². The van der Waals surface area contributed by atoms with Crippen LogP contribution in [0.4, 0.5) is 11.5 Å². The van der Waals surface area contributed by atoms with Gasteiger partial charge in [0.15, 0.2) is 11.5 Å². The molecule has 0 N–H and O–H groups in total. The number of rotatable bonds is 5. The summed E-state index contributed by atoms with van der Waals surface area (Å²) in [4.78, 5) is 12.9. The number of fused-ring (bicyclic) bond motifs is 1. The standard InChI is InChI=1S/C15H18N4O4/c1-4-11-14(19(20)21)15(18(3)16-11)17(2)8-10-5-6-12-13(7-10)23-9-22-12/h5-7H,4,8-9H2,1-3H3. The highest BCUT2D eigenvalue weighted by Gasteiger charge is 2.28. The molecule has 122 valence electrons. The zero-order valence-electron chi connectivity index (χ0n) is 13.3. The first kappa shape index (κ1) is 15.1. The Hall–Kier alpha value is -2.77. The first-order valence-electron chi connectivity index (χ1n) is 7.31. The zero-order valence-corrected chi connectivity index (χ0v) is 13.3. The maximum absolute atomic E-state index is 11.4. The maximum Gasteiger partial charge on any atom is 0.334 e. The zero-order chi connectivity index (χ0) is 16.6. The van der Waals surface area contributed by atoms with E-state index < -0.39 is 0 Å². The molecule has 23 heavy (non-hydrogen) atoms. The van der Waals surface area contributed by atoms with E-state index in [-0.39, 0.29) is 17.4 Å². The molecule has 0 spiro atoms. The van der Waals surface area contributed by atoms with Crippen LogP contribution >= 0.6 is 0 Å². The number of nitrogens with zero attached hydrogens (tertiary/aromatic N) is 4.